The molecular weight excluding hydrogens is 226 g/mol. The molecular formula is C10H15N3O4. The van der Waals surface area contributed by atoms with Crippen molar-refractivity contribution in [1.29, 1.82) is 0 Å². The quantitative estimate of drug-likeness (QED) is 0.595. The van der Waals surface area contributed by atoms with Gasteiger partial charge in [0, 0.05) is 20.1 Å². The van der Waals surface area contributed by atoms with Gasteiger partial charge in [-0.1, -0.05) is 0 Å². The molecule has 17 heavy (non-hydrogen) atoms. The minimum atomic E-state index is -0.494. The van der Waals surface area contributed by atoms with Crippen LogP contribution in [0.1, 0.15) is 6.42 Å². The molecule has 0 aromatic rings. The molecule has 0 aliphatic carbocycles. The van der Waals surface area contributed by atoms with Crippen molar-refractivity contribution < 1.29 is 19.5 Å². The number of carbonyl (C=O) groups is 3. The van der Waals surface area contributed by atoms with Crippen molar-refractivity contribution in [3.8, 4) is 0 Å². The zero-order chi connectivity index (χ0) is 12.6. The van der Waals surface area contributed by atoms with Crippen LogP contribution >= 0.6 is 0 Å². The van der Waals surface area contributed by atoms with Crippen LogP contribution in [0.2, 0.25) is 0 Å². The number of hydrogen-bond donors (Lipinski definition) is 1. The molecule has 94 valence electrons. The van der Waals surface area contributed by atoms with Gasteiger partial charge in [0.05, 0.1) is 6.10 Å². The summed E-state index contributed by atoms with van der Waals surface area (Å²) < 4.78 is 0. The SMILES string of the molecule is CN1CC(=O)N(CC(=O)N2CC[C@H](O)C2)C1=O. The first-order valence-electron chi connectivity index (χ1n) is 5.50. The van der Waals surface area contributed by atoms with E-state index in [2.05, 4.69) is 0 Å². The zero-order valence-corrected chi connectivity index (χ0v) is 9.63. The van der Waals surface area contributed by atoms with Crippen molar-refractivity contribution in [2.45, 2.75) is 12.5 Å². The fraction of sp³-hybridized carbons (Fsp3) is 0.700. The van der Waals surface area contributed by atoms with Crippen molar-refractivity contribution in [3.63, 3.8) is 0 Å². The topological polar surface area (TPSA) is 81.2 Å². The Morgan fingerprint density at radius 3 is 2.65 bits per heavy atom. The number of aliphatic hydroxyl groups excluding tert-OH is 1. The Morgan fingerprint density at radius 1 is 1.47 bits per heavy atom. The standard InChI is InChI=1S/C10H15N3O4/c1-11-5-9(16)13(10(11)17)6-8(15)12-3-2-7(14)4-12/h7,14H,2-6H2,1H3/t7-/m0/s1. The number of hydrogen-bond acceptors (Lipinski definition) is 4. The highest BCUT2D eigenvalue weighted by molar-refractivity contribution is 6.04. The fourth-order valence-electron chi connectivity index (χ4n) is 2.03. The number of imide groups is 1. The molecule has 7 heteroatoms. The van der Waals surface area contributed by atoms with Gasteiger partial charge in [-0.3, -0.25) is 14.5 Å². The van der Waals surface area contributed by atoms with Gasteiger partial charge in [0.2, 0.25) is 5.91 Å². The zero-order valence-electron chi connectivity index (χ0n) is 9.63. The molecule has 0 radical (unpaired) electrons. The van der Waals surface area contributed by atoms with Gasteiger partial charge in [-0.25, -0.2) is 4.79 Å². The van der Waals surface area contributed by atoms with E-state index in [1.165, 1.54) is 16.8 Å². The van der Waals surface area contributed by atoms with E-state index in [4.69, 9.17) is 0 Å². The minimum Gasteiger partial charge on any atom is -0.391 e. The van der Waals surface area contributed by atoms with Crippen LogP contribution in [0.3, 0.4) is 0 Å². The van der Waals surface area contributed by atoms with Crippen LogP contribution in [0.4, 0.5) is 4.79 Å². The number of likely N-dealkylation sites (N-methyl/N-ethyl adjacent to an activating group) is 1. The van der Waals surface area contributed by atoms with Gasteiger partial charge in [0.25, 0.3) is 5.91 Å². The lowest BCUT2D eigenvalue weighted by Crippen LogP contribution is -2.42. The molecule has 4 amide bonds. The summed E-state index contributed by atoms with van der Waals surface area (Å²) >= 11 is 0. The summed E-state index contributed by atoms with van der Waals surface area (Å²) in [6, 6.07) is -0.442. The van der Waals surface area contributed by atoms with Crippen molar-refractivity contribution in [2.24, 2.45) is 0 Å². The lowest BCUT2D eigenvalue weighted by molar-refractivity contribution is -0.136. The van der Waals surface area contributed by atoms with Gasteiger partial charge < -0.3 is 14.9 Å². The summed E-state index contributed by atoms with van der Waals surface area (Å²) in [4.78, 5) is 38.5. The summed E-state index contributed by atoms with van der Waals surface area (Å²) in [6.07, 6.45) is 0.0553. The minimum absolute atomic E-state index is 0.0226. The first-order valence-corrected chi connectivity index (χ1v) is 5.50. The summed E-state index contributed by atoms with van der Waals surface area (Å²) in [7, 11) is 1.52. The van der Waals surface area contributed by atoms with Crippen molar-refractivity contribution in [1.82, 2.24) is 14.7 Å². The second-order valence-electron chi connectivity index (χ2n) is 4.40. The van der Waals surface area contributed by atoms with Gasteiger partial charge in [0.1, 0.15) is 13.1 Å². The van der Waals surface area contributed by atoms with E-state index in [0.717, 1.165) is 4.90 Å². The molecule has 1 atom stereocenters. The molecule has 7 nitrogen and oxygen atoms in total. The Bertz CT molecular complexity index is 371. The molecule has 0 unspecified atom stereocenters. The Kier molecular flexibility index (Phi) is 3.01. The van der Waals surface area contributed by atoms with E-state index in [0.29, 0.717) is 13.0 Å². The number of nitrogens with zero attached hydrogens (tertiary/aromatic N) is 3. The third-order valence-corrected chi connectivity index (χ3v) is 3.04. The average molecular weight is 241 g/mol. The summed E-state index contributed by atoms with van der Waals surface area (Å²) in [6.45, 7) is 0.556. The number of β-amino-alcohol motifs (C(OH)–C–C–N with tert-alkyl or cyclic N) is 1. The van der Waals surface area contributed by atoms with E-state index in [1.54, 1.807) is 0 Å². The predicted molar refractivity (Wildman–Crippen MR) is 56.9 cm³/mol. The predicted octanol–water partition coefficient (Wildman–Crippen LogP) is -1.53. The first kappa shape index (κ1) is 11.8. The molecule has 0 spiro atoms. The van der Waals surface area contributed by atoms with Crippen LogP contribution < -0.4 is 0 Å². The lowest BCUT2D eigenvalue weighted by Gasteiger charge is -2.19. The normalized spacial score (nSPS) is 25.1. The molecule has 2 aliphatic rings. The van der Waals surface area contributed by atoms with Crippen LogP contribution in [0.25, 0.3) is 0 Å². The summed E-state index contributed by atoms with van der Waals surface area (Å²) in [5, 5.41) is 9.31. The Morgan fingerprint density at radius 2 is 2.18 bits per heavy atom. The summed E-state index contributed by atoms with van der Waals surface area (Å²) in [5.74, 6) is -0.649. The number of likely N-dealkylation sites (tertiary alicyclic amines) is 1. The Labute approximate surface area is 98.6 Å². The average Bonchev–Trinajstić information content (AvgIpc) is 2.79. The molecule has 2 rings (SSSR count). The molecule has 0 saturated carbocycles. The van der Waals surface area contributed by atoms with Gasteiger partial charge in [0.15, 0.2) is 0 Å². The maximum atomic E-state index is 11.8. The number of carbonyl (C=O) groups excluding carboxylic acids is 3. The van der Waals surface area contributed by atoms with Crippen LogP contribution in [0, 0.1) is 0 Å². The van der Waals surface area contributed by atoms with Crippen LogP contribution in [-0.4, -0.2) is 77.0 Å². The second-order valence-corrected chi connectivity index (χ2v) is 4.40. The maximum Gasteiger partial charge on any atom is 0.327 e. The molecule has 2 heterocycles. The number of rotatable bonds is 2. The first-order chi connectivity index (χ1) is 7.99. The monoisotopic (exact) mass is 241 g/mol. The van der Waals surface area contributed by atoms with Crippen molar-refractivity contribution >= 4 is 17.8 Å². The van der Waals surface area contributed by atoms with Gasteiger partial charge in [-0.2, -0.15) is 0 Å². The number of amides is 4. The van der Waals surface area contributed by atoms with E-state index < -0.39 is 12.1 Å². The molecule has 2 aliphatic heterocycles. The van der Waals surface area contributed by atoms with E-state index >= 15 is 0 Å². The van der Waals surface area contributed by atoms with E-state index in [9.17, 15) is 19.5 Å². The maximum absolute atomic E-state index is 11.8. The molecule has 0 aromatic heterocycles. The Hall–Kier alpha value is -1.63. The molecule has 1 N–H and O–H groups in total. The van der Waals surface area contributed by atoms with Crippen LogP contribution in [0.15, 0.2) is 0 Å². The molecule has 0 bridgehead atoms. The van der Waals surface area contributed by atoms with E-state index in [1.807, 2.05) is 0 Å². The summed E-state index contributed by atoms with van der Waals surface area (Å²) in [5.41, 5.74) is 0. The third-order valence-electron chi connectivity index (χ3n) is 3.04. The van der Waals surface area contributed by atoms with Crippen molar-refractivity contribution in [3.05, 3.63) is 0 Å². The molecule has 2 fully saturated rings. The molecule has 0 aromatic carbocycles. The molecule has 2 saturated heterocycles. The lowest BCUT2D eigenvalue weighted by atomic mass is 10.3. The van der Waals surface area contributed by atoms with Gasteiger partial charge in [-0.15, -0.1) is 0 Å². The van der Waals surface area contributed by atoms with Crippen molar-refractivity contribution in [2.75, 3.05) is 33.2 Å². The van der Waals surface area contributed by atoms with Crippen LogP contribution in [0.5, 0.6) is 0 Å². The highest BCUT2D eigenvalue weighted by atomic mass is 16.3. The van der Waals surface area contributed by atoms with Crippen LogP contribution in [-0.2, 0) is 9.59 Å². The highest BCUT2D eigenvalue weighted by Crippen LogP contribution is 2.12. The van der Waals surface area contributed by atoms with Gasteiger partial charge in [-0.05, 0) is 6.42 Å². The van der Waals surface area contributed by atoms with Gasteiger partial charge >= 0.3 is 6.03 Å². The largest absolute Gasteiger partial charge is 0.391 e. The Balaban J connectivity index is 1.95. The van der Waals surface area contributed by atoms with E-state index in [-0.39, 0.29) is 31.4 Å². The number of aliphatic hydroxyl groups is 1. The smallest absolute Gasteiger partial charge is 0.327 e. The number of urea groups is 1. The fourth-order valence-corrected chi connectivity index (χ4v) is 2.03. The highest BCUT2D eigenvalue weighted by Gasteiger charge is 2.36. The third kappa shape index (κ3) is 2.23. The second kappa shape index (κ2) is 4.33.